The number of likely N-dealkylation sites (tertiary alicyclic amines) is 1. The van der Waals surface area contributed by atoms with Gasteiger partial charge in [0.2, 0.25) is 5.91 Å². The molecule has 2 amide bonds. The highest BCUT2D eigenvalue weighted by Gasteiger charge is 2.32. The molecular weight excluding hydrogens is 396 g/mol. The number of H-pyrrole nitrogens is 1. The maximum absolute atomic E-state index is 13.3. The van der Waals surface area contributed by atoms with Gasteiger partial charge in [-0.3, -0.25) is 14.4 Å². The minimum absolute atomic E-state index is 0.0572. The highest BCUT2D eigenvalue weighted by Crippen LogP contribution is 2.31. The maximum atomic E-state index is 13.3. The molecule has 2 aromatic rings. The molecule has 0 unspecified atom stereocenters. The van der Waals surface area contributed by atoms with Gasteiger partial charge in [-0.25, -0.2) is 4.98 Å². The molecule has 0 spiro atoms. The Balaban J connectivity index is 1.65. The number of hydrogen-bond donors (Lipinski definition) is 1. The van der Waals surface area contributed by atoms with Gasteiger partial charge in [0, 0.05) is 30.6 Å². The average molecular weight is 425 g/mol. The van der Waals surface area contributed by atoms with E-state index in [1.54, 1.807) is 41.2 Å². The summed E-state index contributed by atoms with van der Waals surface area (Å²) >= 11 is 0. The van der Waals surface area contributed by atoms with Crippen LogP contribution in [0, 0.1) is 0 Å². The van der Waals surface area contributed by atoms with Crippen LogP contribution < -0.4 is 10.3 Å². The second kappa shape index (κ2) is 8.91. The zero-order valence-electron chi connectivity index (χ0n) is 18.0. The summed E-state index contributed by atoms with van der Waals surface area (Å²) in [6, 6.07) is 6.79. The van der Waals surface area contributed by atoms with E-state index in [9.17, 15) is 14.4 Å². The summed E-state index contributed by atoms with van der Waals surface area (Å²) < 4.78 is 5.26. The standard InChI is InChI=1S/C23H28N4O4/c1-3-20(28)26-12-10-17-18(14-26)24-21(25-22(17)29)19-9-4-5-11-27(19)23(30)15-7-6-8-16(13-15)31-2/h6-8,13,19H,3-5,9-12,14H2,1-2H3,(H,24,25,29)/t19-/m1/s1. The molecular formula is C23H28N4O4. The number of aromatic nitrogens is 2. The number of benzene rings is 1. The lowest BCUT2D eigenvalue weighted by Crippen LogP contribution is -2.42. The fraction of sp³-hybridized carbons (Fsp3) is 0.478. The monoisotopic (exact) mass is 424 g/mol. The Hall–Kier alpha value is -3.16. The number of aromatic amines is 1. The Labute approximate surface area is 181 Å². The fourth-order valence-electron chi connectivity index (χ4n) is 4.43. The van der Waals surface area contributed by atoms with E-state index in [-0.39, 0.29) is 23.4 Å². The van der Waals surface area contributed by atoms with Crippen LogP contribution in [0.25, 0.3) is 0 Å². The van der Waals surface area contributed by atoms with E-state index in [1.807, 2.05) is 6.92 Å². The van der Waals surface area contributed by atoms with Crippen molar-refractivity contribution >= 4 is 11.8 Å². The molecule has 4 rings (SSSR count). The van der Waals surface area contributed by atoms with Gasteiger partial charge in [0.1, 0.15) is 11.6 Å². The quantitative estimate of drug-likeness (QED) is 0.813. The van der Waals surface area contributed by atoms with Crippen molar-refractivity contribution in [2.24, 2.45) is 0 Å². The lowest BCUT2D eigenvalue weighted by molar-refractivity contribution is -0.131. The molecule has 1 aromatic carbocycles. The molecule has 1 fully saturated rings. The highest BCUT2D eigenvalue weighted by molar-refractivity contribution is 5.95. The Morgan fingerprint density at radius 2 is 2.10 bits per heavy atom. The zero-order valence-corrected chi connectivity index (χ0v) is 18.0. The molecule has 1 saturated heterocycles. The van der Waals surface area contributed by atoms with Crippen LogP contribution >= 0.6 is 0 Å². The topological polar surface area (TPSA) is 95.6 Å². The number of piperidine rings is 1. The number of nitrogens with one attached hydrogen (secondary N) is 1. The van der Waals surface area contributed by atoms with Crippen LogP contribution in [0.2, 0.25) is 0 Å². The number of ether oxygens (including phenoxy) is 1. The van der Waals surface area contributed by atoms with Crippen molar-refractivity contribution in [3.63, 3.8) is 0 Å². The van der Waals surface area contributed by atoms with E-state index in [1.165, 1.54) is 0 Å². The Bertz CT molecular complexity index is 1050. The van der Waals surface area contributed by atoms with Gasteiger partial charge in [-0.1, -0.05) is 13.0 Å². The molecule has 2 aliphatic rings. The van der Waals surface area contributed by atoms with Crippen molar-refractivity contribution < 1.29 is 14.3 Å². The summed E-state index contributed by atoms with van der Waals surface area (Å²) in [4.78, 5) is 49.5. The largest absolute Gasteiger partial charge is 0.497 e. The van der Waals surface area contributed by atoms with E-state index in [0.717, 1.165) is 19.3 Å². The van der Waals surface area contributed by atoms with E-state index >= 15 is 0 Å². The normalized spacial score (nSPS) is 18.5. The number of nitrogens with zero attached hydrogens (tertiary/aromatic N) is 3. The molecule has 8 nitrogen and oxygen atoms in total. The first-order chi connectivity index (χ1) is 15.0. The molecule has 2 aliphatic heterocycles. The van der Waals surface area contributed by atoms with Crippen molar-refractivity contribution in [3.05, 3.63) is 57.3 Å². The predicted octanol–water partition coefficient (Wildman–Crippen LogP) is 2.44. The third-order valence-corrected chi connectivity index (χ3v) is 6.14. The third kappa shape index (κ3) is 4.19. The van der Waals surface area contributed by atoms with Crippen LogP contribution in [-0.4, -0.2) is 51.8 Å². The van der Waals surface area contributed by atoms with Gasteiger partial charge in [-0.05, 0) is 43.9 Å². The van der Waals surface area contributed by atoms with E-state index in [4.69, 9.17) is 9.72 Å². The van der Waals surface area contributed by atoms with Gasteiger partial charge in [-0.15, -0.1) is 0 Å². The highest BCUT2D eigenvalue weighted by atomic mass is 16.5. The number of fused-ring (bicyclic) bond motifs is 1. The second-order valence-corrected chi connectivity index (χ2v) is 8.04. The second-order valence-electron chi connectivity index (χ2n) is 8.04. The van der Waals surface area contributed by atoms with Gasteiger partial charge < -0.3 is 19.5 Å². The van der Waals surface area contributed by atoms with Crippen LogP contribution in [0.3, 0.4) is 0 Å². The van der Waals surface area contributed by atoms with E-state index < -0.39 is 0 Å². The van der Waals surface area contributed by atoms with Gasteiger partial charge in [0.15, 0.2) is 0 Å². The smallest absolute Gasteiger partial charge is 0.254 e. The lowest BCUT2D eigenvalue weighted by atomic mass is 9.99. The van der Waals surface area contributed by atoms with Crippen molar-refractivity contribution in [3.8, 4) is 5.75 Å². The van der Waals surface area contributed by atoms with E-state index in [0.29, 0.717) is 60.9 Å². The van der Waals surface area contributed by atoms with Gasteiger partial charge in [0.25, 0.3) is 11.5 Å². The van der Waals surface area contributed by atoms with Crippen LogP contribution in [0.4, 0.5) is 0 Å². The SMILES string of the molecule is CCC(=O)N1CCc2c(nc([C@H]3CCCCN3C(=O)c3cccc(OC)c3)[nH]c2=O)C1. The first-order valence-electron chi connectivity index (χ1n) is 10.9. The molecule has 1 atom stereocenters. The first-order valence-corrected chi connectivity index (χ1v) is 10.9. The van der Waals surface area contributed by atoms with Gasteiger partial charge in [0.05, 0.1) is 25.4 Å². The minimum Gasteiger partial charge on any atom is -0.497 e. The van der Waals surface area contributed by atoms with Gasteiger partial charge in [-0.2, -0.15) is 0 Å². The number of hydrogen-bond acceptors (Lipinski definition) is 5. The van der Waals surface area contributed by atoms with Crippen LogP contribution in [0.1, 0.15) is 66.1 Å². The number of methoxy groups -OCH3 is 1. The summed E-state index contributed by atoms with van der Waals surface area (Å²) in [5.74, 6) is 1.08. The van der Waals surface area contributed by atoms with Crippen molar-refractivity contribution in [2.45, 2.75) is 51.6 Å². The molecule has 3 heterocycles. The number of amides is 2. The zero-order chi connectivity index (χ0) is 22.0. The number of rotatable bonds is 4. The molecule has 164 valence electrons. The third-order valence-electron chi connectivity index (χ3n) is 6.14. The maximum Gasteiger partial charge on any atom is 0.254 e. The Kier molecular flexibility index (Phi) is 6.06. The number of carbonyl (C=O) groups excluding carboxylic acids is 2. The summed E-state index contributed by atoms with van der Waals surface area (Å²) in [5.41, 5.74) is 1.67. The van der Waals surface area contributed by atoms with Crippen LogP contribution in [0.5, 0.6) is 5.75 Å². The number of carbonyl (C=O) groups is 2. The predicted molar refractivity (Wildman–Crippen MR) is 115 cm³/mol. The van der Waals surface area contributed by atoms with Crippen molar-refractivity contribution in [2.75, 3.05) is 20.2 Å². The molecule has 0 aliphatic carbocycles. The minimum atomic E-state index is -0.303. The van der Waals surface area contributed by atoms with Crippen LogP contribution in [-0.2, 0) is 17.8 Å². The van der Waals surface area contributed by atoms with Crippen LogP contribution in [0.15, 0.2) is 29.1 Å². The molecule has 0 radical (unpaired) electrons. The van der Waals surface area contributed by atoms with E-state index in [2.05, 4.69) is 4.98 Å². The summed E-state index contributed by atoms with van der Waals surface area (Å²) in [5, 5.41) is 0. The molecule has 0 saturated carbocycles. The lowest BCUT2D eigenvalue weighted by Gasteiger charge is -2.36. The fourth-order valence-corrected chi connectivity index (χ4v) is 4.43. The Morgan fingerprint density at radius 3 is 2.87 bits per heavy atom. The molecule has 0 bridgehead atoms. The van der Waals surface area contributed by atoms with Gasteiger partial charge >= 0.3 is 0 Å². The summed E-state index contributed by atoms with van der Waals surface area (Å²) in [7, 11) is 1.57. The first kappa shape index (κ1) is 21.1. The van der Waals surface area contributed by atoms with Crippen molar-refractivity contribution in [1.29, 1.82) is 0 Å². The average Bonchev–Trinajstić information content (AvgIpc) is 2.82. The Morgan fingerprint density at radius 1 is 1.26 bits per heavy atom. The summed E-state index contributed by atoms with van der Waals surface area (Å²) in [6.07, 6.45) is 3.51. The summed E-state index contributed by atoms with van der Waals surface area (Å²) in [6.45, 7) is 3.31. The molecule has 31 heavy (non-hydrogen) atoms. The molecule has 8 heteroatoms. The molecule has 1 N–H and O–H groups in total. The van der Waals surface area contributed by atoms with Crippen molar-refractivity contribution in [1.82, 2.24) is 19.8 Å². The molecule has 1 aromatic heterocycles.